The fourth-order valence-corrected chi connectivity index (χ4v) is 1.85. The Bertz CT molecular complexity index is 692. The van der Waals surface area contributed by atoms with Gasteiger partial charge in [0.25, 0.3) is 0 Å². The van der Waals surface area contributed by atoms with Crippen LogP contribution in [0.1, 0.15) is 5.56 Å². The van der Waals surface area contributed by atoms with E-state index in [-0.39, 0.29) is 6.03 Å². The van der Waals surface area contributed by atoms with Crippen LogP contribution in [-0.4, -0.2) is 20.2 Å². The maximum absolute atomic E-state index is 12.3. The number of methoxy groups -OCH3 is 1. The van der Waals surface area contributed by atoms with Gasteiger partial charge in [-0.05, 0) is 30.3 Å². The number of carbonyl (C=O) groups is 1. The van der Waals surface area contributed by atoms with Gasteiger partial charge in [0.05, 0.1) is 24.4 Å². The first-order chi connectivity index (χ1) is 10.2. The van der Waals surface area contributed by atoms with Gasteiger partial charge in [0.1, 0.15) is 5.75 Å². The van der Waals surface area contributed by atoms with E-state index in [0.29, 0.717) is 22.7 Å². The highest BCUT2D eigenvalue weighted by molar-refractivity contribution is 6.02. The molecule has 5 nitrogen and oxygen atoms in total. The summed E-state index contributed by atoms with van der Waals surface area (Å²) in [6.07, 6.45) is 0. The third-order valence-corrected chi connectivity index (χ3v) is 3.02. The highest BCUT2D eigenvalue weighted by Crippen LogP contribution is 2.24. The average molecular weight is 281 g/mol. The molecular formula is C16H15N3O2. The number of ether oxygens (including phenoxy) is 1. The van der Waals surface area contributed by atoms with Gasteiger partial charge in [-0.2, -0.15) is 5.26 Å². The van der Waals surface area contributed by atoms with Gasteiger partial charge in [0.15, 0.2) is 0 Å². The average Bonchev–Trinajstić information content (AvgIpc) is 2.54. The van der Waals surface area contributed by atoms with E-state index in [1.54, 1.807) is 50.6 Å². The Hall–Kier alpha value is -3.00. The molecule has 0 aromatic heterocycles. The van der Waals surface area contributed by atoms with Gasteiger partial charge in [0.2, 0.25) is 0 Å². The number of amides is 2. The van der Waals surface area contributed by atoms with E-state index < -0.39 is 0 Å². The number of urea groups is 1. The van der Waals surface area contributed by atoms with E-state index in [4.69, 9.17) is 10.00 Å². The van der Waals surface area contributed by atoms with E-state index >= 15 is 0 Å². The standard InChI is InChI=1S/C16H15N3O2/c1-19(13-7-5-6-12(10-13)11-17)16(20)18-14-8-3-4-9-15(14)21-2/h3-10H,1-2H3,(H,18,20). The largest absolute Gasteiger partial charge is 0.495 e. The summed E-state index contributed by atoms with van der Waals surface area (Å²) < 4.78 is 5.19. The number of hydrogen-bond donors (Lipinski definition) is 1. The number of anilines is 2. The normalized spacial score (nSPS) is 9.57. The predicted molar refractivity (Wildman–Crippen MR) is 81.6 cm³/mol. The number of benzene rings is 2. The van der Waals surface area contributed by atoms with Crippen LogP contribution in [0.15, 0.2) is 48.5 Å². The molecule has 0 heterocycles. The van der Waals surface area contributed by atoms with Gasteiger partial charge in [-0.3, -0.25) is 4.90 Å². The van der Waals surface area contributed by atoms with Crippen LogP contribution in [-0.2, 0) is 0 Å². The van der Waals surface area contributed by atoms with Gasteiger partial charge in [0, 0.05) is 12.7 Å². The Morgan fingerprint density at radius 3 is 2.71 bits per heavy atom. The van der Waals surface area contributed by atoms with Crippen LogP contribution in [0.25, 0.3) is 0 Å². The van der Waals surface area contributed by atoms with Crippen LogP contribution >= 0.6 is 0 Å². The molecule has 2 amide bonds. The quantitative estimate of drug-likeness (QED) is 0.939. The summed E-state index contributed by atoms with van der Waals surface area (Å²) in [5.41, 5.74) is 1.74. The molecule has 0 saturated carbocycles. The van der Waals surface area contributed by atoms with Gasteiger partial charge < -0.3 is 10.1 Å². The lowest BCUT2D eigenvalue weighted by molar-refractivity contribution is 0.258. The third-order valence-electron chi connectivity index (χ3n) is 3.02. The summed E-state index contributed by atoms with van der Waals surface area (Å²) >= 11 is 0. The summed E-state index contributed by atoms with van der Waals surface area (Å²) in [5.74, 6) is 0.588. The lowest BCUT2D eigenvalue weighted by Gasteiger charge is -2.19. The minimum Gasteiger partial charge on any atom is -0.495 e. The van der Waals surface area contributed by atoms with Crippen LogP contribution < -0.4 is 15.0 Å². The molecule has 0 aliphatic heterocycles. The molecule has 0 aliphatic carbocycles. The smallest absolute Gasteiger partial charge is 0.326 e. The Balaban J connectivity index is 2.18. The second-order valence-corrected chi connectivity index (χ2v) is 4.35. The Labute approximate surface area is 123 Å². The van der Waals surface area contributed by atoms with Crippen molar-refractivity contribution in [2.45, 2.75) is 0 Å². The van der Waals surface area contributed by atoms with E-state index in [0.717, 1.165) is 0 Å². The van der Waals surface area contributed by atoms with Gasteiger partial charge in [-0.15, -0.1) is 0 Å². The van der Waals surface area contributed by atoms with Crippen LogP contribution in [0.5, 0.6) is 5.75 Å². The highest BCUT2D eigenvalue weighted by atomic mass is 16.5. The van der Waals surface area contributed by atoms with Gasteiger partial charge in [-0.25, -0.2) is 4.79 Å². The van der Waals surface area contributed by atoms with Crippen molar-refractivity contribution >= 4 is 17.4 Å². The van der Waals surface area contributed by atoms with Crippen LogP contribution in [0.3, 0.4) is 0 Å². The molecule has 0 unspecified atom stereocenters. The lowest BCUT2D eigenvalue weighted by atomic mass is 10.2. The SMILES string of the molecule is COc1ccccc1NC(=O)N(C)c1cccc(C#N)c1. The zero-order valence-corrected chi connectivity index (χ0v) is 11.8. The van der Waals surface area contributed by atoms with Crippen LogP contribution in [0.2, 0.25) is 0 Å². The second kappa shape index (κ2) is 6.44. The van der Waals surface area contributed by atoms with E-state index in [1.807, 2.05) is 12.1 Å². The second-order valence-electron chi connectivity index (χ2n) is 4.35. The lowest BCUT2D eigenvalue weighted by Crippen LogP contribution is -2.31. The van der Waals surface area contributed by atoms with Crippen molar-refractivity contribution < 1.29 is 9.53 Å². The van der Waals surface area contributed by atoms with Gasteiger partial charge in [-0.1, -0.05) is 18.2 Å². The third kappa shape index (κ3) is 3.31. The molecule has 5 heteroatoms. The summed E-state index contributed by atoms with van der Waals surface area (Å²) in [6.45, 7) is 0. The molecule has 0 bridgehead atoms. The summed E-state index contributed by atoms with van der Waals surface area (Å²) in [5, 5.41) is 11.7. The molecule has 106 valence electrons. The first kappa shape index (κ1) is 14.4. The molecule has 0 atom stereocenters. The van der Waals surface area contributed by atoms with E-state index in [2.05, 4.69) is 11.4 Å². The number of nitrogens with zero attached hydrogens (tertiary/aromatic N) is 2. The van der Waals surface area contributed by atoms with Crippen molar-refractivity contribution in [3.8, 4) is 11.8 Å². The van der Waals surface area contributed by atoms with Crippen molar-refractivity contribution in [1.29, 1.82) is 5.26 Å². The summed E-state index contributed by atoms with van der Waals surface area (Å²) in [6, 6.07) is 15.8. The van der Waals surface area contributed by atoms with Crippen LogP contribution in [0.4, 0.5) is 16.2 Å². The molecule has 0 fully saturated rings. The Morgan fingerprint density at radius 1 is 1.24 bits per heavy atom. The van der Waals surface area contributed by atoms with Gasteiger partial charge >= 0.3 is 6.03 Å². The zero-order valence-electron chi connectivity index (χ0n) is 11.8. The molecule has 0 spiro atoms. The maximum Gasteiger partial charge on any atom is 0.326 e. The number of hydrogen-bond acceptors (Lipinski definition) is 3. The Kier molecular flexibility index (Phi) is 4.42. The Morgan fingerprint density at radius 2 is 2.00 bits per heavy atom. The minimum absolute atomic E-state index is 0.311. The molecule has 0 radical (unpaired) electrons. The molecule has 21 heavy (non-hydrogen) atoms. The number of rotatable bonds is 3. The van der Waals surface area contributed by atoms with Crippen molar-refractivity contribution in [2.75, 3.05) is 24.4 Å². The first-order valence-electron chi connectivity index (χ1n) is 6.33. The van der Waals surface area contributed by atoms with Crippen molar-refractivity contribution in [3.63, 3.8) is 0 Å². The number of nitriles is 1. The van der Waals surface area contributed by atoms with Crippen molar-refractivity contribution in [3.05, 3.63) is 54.1 Å². The topological polar surface area (TPSA) is 65.4 Å². The minimum atomic E-state index is -0.311. The van der Waals surface area contributed by atoms with E-state index in [9.17, 15) is 4.79 Å². The molecule has 0 aliphatic rings. The summed E-state index contributed by atoms with van der Waals surface area (Å²) in [7, 11) is 3.19. The maximum atomic E-state index is 12.3. The van der Waals surface area contributed by atoms with Crippen LogP contribution in [0, 0.1) is 11.3 Å². The molecule has 0 saturated heterocycles. The first-order valence-corrected chi connectivity index (χ1v) is 6.33. The molecule has 2 aromatic carbocycles. The fourth-order valence-electron chi connectivity index (χ4n) is 1.85. The predicted octanol–water partition coefficient (Wildman–Crippen LogP) is 3.24. The monoisotopic (exact) mass is 281 g/mol. The highest BCUT2D eigenvalue weighted by Gasteiger charge is 2.13. The molecule has 2 aromatic rings. The molecular weight excluding hydrogens is 266 g/mol. The molecule has 2 rings (SSSR count). The van der Waals surface area contributed by atoms with E-state index in [1.165, 1.54) is 4.90 Å². The number of para-hydroxylation sites is 2. The van der Waals surface area contributed by atoms with Crippen molar-refractivity contribution in [1.82, 2.24) is 0 Å². The van der Waals surface area contributed by atoms with Crippen molar-refractivity contribution in [2.24, 2.45) is 0 Å². The zero-order chi connectivity index (χ0) is 15.2. The number of carbonyl (C=O) groups excluding carboxylic acids is 1. The summed E-state index contributed by atoms with van der Waals surface area (Å²) in [4.78, 5) is 13.7. The number of nitrogens with one attached hydrogen (secondary N) is 1. The fraction of sp³-hybridized carbons (Fsp3) is 0.125. The molecule has 1 N–H and O–H groups in total.